The average Bonchev–Trinajstić information content (AvgIpc) is 0.924. The van der Waals surface area contributed by atoms with E-state index < -0.39 is 97.5 Å². The molecular formula is C81H158O17P2. The second kappa shape index (κ2) is 73.9. The third-order valence-corrected chi connectivity index (χ3v) is 20.9. The second-order valence-electron chi connectivity index (χ2n) is 29.6. The Labute approximate surface area is 613 Å². The average molecular weight is 1470 g/mol. The molecule has 0 aromatic rings. The summed E-state index contributed by atoms with van der Waals surface area (Å²) in [6.07, 6.45) is 65.1. The van der Waals surface area contributed by atoms with Gasteiger partial charge in [-0.05, 0) is 31.6 Å². The van der Waals surface area contributed by atoms with Gasteiger partial charge in [-0.3, -0.25) is 37.3 Å². The van der Waals surface area contributed by atoms with Crippen molar-refractivity contribution in [3.05, 3.63) is 0 Å². The van der Waals surface area contributed by atoms with Crippen LogP contribution in [-0.2, 0) is 65.4 Å². The molecule has 0 aromatic heterocycles. The fourth-order valence-electron chi connectivity index (χ4n) is 12.6. The smallest absolute Gasteiger partial charge is 0.462 e. The Morgan fingerprint density at radius 3 is 0.680 bits per heavy atom. The van der Waals surface area contributed by atoms with Crippen LogP contribution in [0.25, 0.3) is 0 Å². The van der Waals surface area contributed by atoms with Crippen LogP contribution < -0.4 is 0 Å². The van der Waals surface area contributed by atoms with E-state index in [9.17, 15) is 43.2 Å². The summed E-state index contributed by atoms with van der Waals surface area (Å²) in [4.78, 5) is 73.0. The van der Waals surface area contributed by atoms with Gasteiger partial charge in [-0.25, -0.2) is 9.13 Å². The molecule has 0 radical (unpaired) electrons. The van der Waals surface area contributed by atoms with Gasteiger partial charge in [0.2, 0.25) is 0 Å². The number of esters is 4. The number of rotatable bonds is 81. The second-order valence-corrected chi connectivity index (χ2v) is 32.5. The van der Waals surface area contributed by atoms with E-state index in [2.05, 4.69) is 34.6 Å². The Morgan fingerprint density at radius 1 is 0.270 bits per heavy atom. The monoisotopic (exact) mass is 1470 g/mol. The molecule has 3 N–H and O–H groups in total. The standard InChI is InChI=1S/C81H158O17P2/c1-6-9-12-15-18-21-24-27-29-30-31-32-33-34-37-40-46-51-56-61-66-80(85)97-76(70-92-79(84)65-60-55-50-45-39-36-28-25-22-19-16-13-10-7-2)72-95-99(87,88)93-68-75(82)69-94-100(89,90)96-73-77(98-81(86)67-62-57-52-47-42-41-43-48-53-58-63-74(4)5)71-91-78(83)64-59-54-49-44-38-35-26-23-20-17-14-11-8-3/h74-77,82H,6-73H2,1-5H3,(H,87,88)(H,89,90)/t75-,76-,77-/m1/s1. The highest BCUT2D eigenvalue weighted by Crippen LogP contribution is 2.45. The van der Waals surface area contributed by atoms with Gasteiger partial charge in [-0.2, -0.15) is 0 Å². The zero-order chi connectivity index (χ0) is 73.4. The number of phosphoric ester groups is 2. The van der Waals surface area contributed by atoms with E-state index in [1.165, 1.54) is 257 Å². The topological polar surface area (TPSA) is 237 Å². The van der Waals surface area contributed by atoms with E-state index in [1.54, 1.807) is 0 Å². The van der Waals surface area contributed by atoms with Gasteiger partial charge in [-0.1, -0.05) is 381 Å². The lowest BCUT2D eigenvalue weighted by atomic mass is 10.0. The predicted molar refractivity (Wildman–Crippen MR) is 409 cm³/mol. The van der Waals surface area contributed by atoms with Gasteiger partial charge in [0.1, 0.15) is 19.3 Å². The number of phosphoric acid groups is 2. The van der Waals surface area contributed by atoms with Crippen LogP contribution >= 0.6 is 15.6 Å². The van der Waals surface area contributed by atoms with Crippen molar-refractivity contribution in [3.63, 3.8) is 0 Å². The number of hydrogen-bond acceptors (Lipinski definition) is 15. The van der Waals surface area contributed by atoms with Gasteiger partial charge in [0.15, 0.2) is 12.2 Å². The van der Waals surface area contributed by atoms with Gasteiger partial charge in [0.25, 0.3) is 0 Å². The largest absolute Gasteiger partial charge is 0.472 e. The van der Waals surface area contributed by atoms with Crippen LogP contribution in [0.5, 0.6) is 0 Å². The lowest BCUT2D eigenvalue weighted by molar-refractivity contribution is -0.161. The van der Waals surface area contributed by atoms with E-state index in [0.29, 0.717) is 25.7 Å². The first kappa shape index (κ1) is 98.1. The number of ether oxygens (including phenoxy) is 4. The summed E-state index contributed by atoms with van der Waals surface area (Å²) < 4.78 is 68.7. The molecule has 594 valence electrons. The first-order valence-corrected chi connectivity index (χ1v) is 45.1. The van der Waals surface area contributed by atoms with Gasteiger partial charge in [-0.15, -0.1) is 0 Å². The van der Waals surface area contributed by atoms with Gasteiger partial charge in [0.05, 0.1) is 26.4 Å². The maximum absolute atomic E-state index is 13.1. The quantitative estimate of drug-likeness (QED) is 0.0222. The molecule has 0 saturated carbocycles. The molecule has 0 saturated heterocycles. The maximum atomic E-state index is 13.1. The normalized spacial score (nSPS) is 13.8. The first-order valence-electron chi connectivity index (χ1n) is 42.1. The Kier molecular flexibility index (Phi) is 72.5. The maximum Gasteiger partial charge on any atom is 0.472 e. The predicted octanol–water partition coefficient (Wildman–Crippen LogP) is 24.4. The van der Waals surface area contributed by atoms with Crippen LogP contribution in [0, 0.1) is 5.92 Å². The summed E-state index contributed by atoms with van der Waals surface area (Å²) in [5.41, 5.74) is 0. The highest BCUT2D eigenvalue weighted by Gasteiger charge is 2.30. The summed E-state index contributed by atoms with van der Waals surface area (Å²) in [6, 6.07) is 0. The number of aliphatic hydroxyl groups excluding tert-OH is 1. The van der Waals surface area contributed by atoms with Crippen molar-refractivity contribution in [1.82, 2.24) is 0 Å². The lowest BCUT2D eigenvalue weighted by Gasteiger charge is -2.21. The molecule has 0 rings (SSSR count). The van der Waals surface area contributed by atoms with Gasteiger partial charge >= 0.3 is 39.5 Å². The molecule has 2 unspecified atom stereocenters. The molecule has 0 amide bonds. The minimum atomic E-state index is -4.96. The fraction of sp³-hybridized carbons (Fsp3) is 0.951. The molecule has 100 heavy (non-hydrogen) atoms. The van der Waals surface area contributed by atoms with Crippen molar-refractivity contribution in [2.45, 2.75) is 451 Å². The van der Waals surface area contributed by atoms with Crippen molar-refractivity contribution in [2.24, 2.45) is 5.92 Å². The molecule has 0 bridgehead atoms. The van der Waals surface area contributed by atoms with Crippen molar-refractivity contribution in [3.8, 4) is 0 Å². The Morgan fingerprint density at radius 2 is 0.460 bits per heavy atom. The van der Waals surface area contributed by atoms with Gasteiger partial charge in [0, 0.05) is 25.7 Å². The van der Waals surface area contributed by atoms with Gasteiger partial charge < -0.3 is 33.8 Å². The van der Waals surface area contributed by atoms with Crippen LogP contribution in [0.1, 0.15) is 433 Å². The van der Waals surface area contributed by atoms with Crippen molar-refractivity contribution >= 4 is 39.5 Å². The molecule has 19 heteroatoms. The fourth-order valence-corrected chi connectivity index (χ4v) is 14.2. The van der Waals surface area contributed by atoms with Crippen LogP contribution in [0.15, 0.2) is 0 Å². The number of carbonyl (C=O) groups is 4. The summed E-state index contributed by atoms with van der Waals surface area (Å²) in [5.74, 6) is -1.35. The molecule has 0 aromatic carbocycles. The zero-order valence-electron chi connectivity index (χ0n) is 65.3. The molecule has 0 heterocycles. The minimum absolute atomic E-state index is 0.107. The van der Waals surface area contributed by atoms with E-state index in [1.807, 2.05) is 0 Å². The lowest BCUT2D eigenvalue weighted by Crippen LogP contribution is -2.30. The molecule has 0 spiro atoms. The Bertz CT molecular complexity index is 1910. The number of hydrogen-bond donors (Lipinski definition) is 3. The Balaban J connectivity index is 5.24. The summed E-state index contributed by atoms with van der Waals surface area (Å²) in [5, 5.41) is 10.6. The summed E-state index contributed by atoms with van der Waals surface area (Å²) in [6.45, 7) is 7.33. The van der Waals surface area contributed by atoms with Crippen LogP contribution in [0.3, 0.4) is 0 Å². The van der Waals surface area contributed by atoms with Crippen molar-refractivity contribution < 1.29 is 80.2 Å². The first-order chi connectivity index (χ1) is 48.5. The summed E-state index contributed by atoms with van der Waals surface area (Å²) in [7, 11) is -9.92. The summed E-state index contributed by atoms with van der Waals surface area (Å²) >= 11 is 0. The third-order valence-electron chi connectivity index (χ3n) is 19.0. The number of unbranched alkanes of at least 4 members (excludes halogenated alkanes) is 53. The molecule has 17 nitrogen and oxygen atoms in total. The number of carbonyl (C=O) groups excluding carboxylic acids is 4. The van der Waals surface area contributed by atoms with Crippen molar-refractivity contribution in [1.29, 1.82) is 0 Å². The van der Waals surface area contributed by atoms with E-state index in [-0.39, 0.29) is 25.7 Å². The molecule has 0 fully saturated rings. The third kappa shape index (κ3) is 74.3. The number of aliphatic hydroxyl groups is 1. The highest BCUT2D eigenvalue weighted by atomic mass is 31.2. The molecule has 0 aliphatic carbocycles. The van der Waals surface area contributed by atoms with E-state index in [0.717, 1.165) is 95.8 Å². The zero-order valence-corrected chi connectivity index (χ0v) is 67.1. The SMILES string of the molecule is CCCCCCCCCCCCCCCCCCCCCCC(=O)O[C@H](COC(=O)CCCCCCCCCCCCCCCC)COP(=O)(O)OC[C@@H](O)COP(=O)(O)OC[C@@H](COC(=O)CCCCCCCCCCCCCCC)OC(=O)CCCCCCCCCCCCC(C)C. The molecule has 0 aliphatic rings. The van der Waals surface area contributed by atoms with E-state index >= 15 is 0 Å². The van der Waals surface area contributed by atoms with Crippen LogP contribution in [-0.4, -0.2) is 96.7 Å². The minimum Gasteiger partial charge on any atom is -0.462 e. The highest BCUT2D eigenvalue weighted by molar-refractivity contribution is 7.47. The molecule has 5 atom stereocenters. The van der Waals surface area contributed by atoms with Crippen LogP contribution in [0.4, 0.5) is 0 Å². The molecule has 0 aliphatic heterocycles. The molecular weight excluding hydrogens is 1310 g/mol. The van der Waals surface area contributed by atoms with Crippen LogP contribution in [0.2, 0.25) is 0 Å². The van der Waals surface area contributed by atoms with Crippen molar-refractivity contribution in [2.75, 3.05) is 39.6 Å². The van der Waals surface area contributed by atoms with E-state index in [4.69, 9.17) is 37.0 Å². The Hall–Kier alpha value is -1.94.